The van der Waals surface area contributed by atoms with Crippen molar-refractivity contribution < 1.29 is 9.59 Å². The van der Waals surface area contributed by atoms with Gasteiger partial charge in [0.05, 0.1) is 0 Å². The van der Waals surface area contributed by atoms with Crippen molar-refractivity contribution in [2.75, 3.05) is 0 Å². The van der Waals surface area contributed by atoms with Crippen LogP contribution in [0.4, 0.5) is 0 Å². The summed E-state index contributed by atoms with van der Waals surface area (Å²) in [5, 5.41) is 0. The third kappa shape index (κ3) is 2.18. The Labute approximate surface area is 119 Å². The van der Waals surface area contributed by atoms with Gasteiger partial charge >= 0.3 is 0 Å². The minimum absolute atomic E-state index is 0.630. The number of carbonyl (C=O) groups excluding carboxylic acids is 2. The van der Waals surface area contributed by atoms with Gasteiger partial charge in [0.1, 0.15) is 0 Å². The summed E-state index contributed by atoms with van der Waals surface area (Å²) in [6.07, 6.45) is 1.72. The molecular formula is C18H18O2. The van der Waals surface area contributed by atoms with Gasteiger partial charge < -0.3 is 0 Å². The number of benzene rings is 2. The highest BCUT2D eigenvalue weighted by atomic mass is 16.1. The normalized spacial score (nSPS) is 10.4. The van der Waals surface area contributed by atoms with E-state index < -0.39 is 0 Å². The first kappa shape index (κ1) is 14.2. The van der Waals surface area contributed by atoms with E-state index in [-0.39, 0.29) is 0 Å². The van der Waals surface area contributed by atoms with E-state index in [0.29, 0.717) is 11.1 Å². The van der Waals surface area contributed by atoms with Crippen molar-refractivity contribution in [1.82, 2.24) is 0 Å². The van der Waals surface area contributed by atoms with Gasteiger partial charge in [0.2, 0.25) is 0 Å². The van der Waals surface area contributed by atoms with Crippen LogP contribution in [0, 0.1) is 27.7 Å². The Kier molecular flexibility index (Phi) is 3.84. The lowest BCUT2D eigenvalue weighted by molar-refractivity contribution is 0.111. The number of rotatable bonds is 3. The predicted octanol–water partition coefficient (Wildman–Crippen LogP) is 4.21. The molecule has 2 rings (SSSR count). The molecule has 0 saturated carbocycles. The van der Waals surface area contributed by atoms with Crippen LogP contribution in [-0.2, 0) is 0 Å². The van der Waals surface area contributed by atoms with Crippen LogP contribution in [-0.4, -0.2) is 12.6 Å². The summed E-state index contributed by atoms with van der Waals surface area (Å²) in [6, 6.07) is 7.52. The Balaban J connectivity index is 2.94. The van der Waals surface area contributed by atoms with Crippen LogP contribution in [0.25, 0.3) is 11.1 Å². The molecular weight excluding hydrogens is 248 g/mol. The van der Waals surface area contributed by atoms with Crippen LogP contribution in [0.15, 0.2) is 24.3 Å². The lowest BCUT2D eigenvalue weighted by Gasteiger charge is -2.17. The topological polar surface area (TPSA) is 34.1 Å². The van der Waals surface area contributed by atoms with Gasteiger partial charge in [-0.05, 0) is 61.1 Å². The Morgan fingerprint density at radius 1 is 0.650 bits per heavy atom. The molecule has 0 aliphatic carbocycles. The van der Waals surface area contributed by atoms with Gasteiger partial charge in [0.25, 0.3) is 0 Å². The van der Waals surface area contributed by atoms with E-state index >= 15 is 0 Å². The zero-order valence-corrected chi connectivity index (χ0v) is 12.3. The van der Waals surface area contributed by atoms with Crippen LogP contribution < -0.4 is 0 Å². The monoisotopic (exact) mass is 266 g/mol. The van der Waals surface area contributed by atoms with Gasteiger partial charge in [-0.25, -0.2) is 0 Å². The molecule has 0 radical (unpaired) electrons. The zero-order chi connectivity index (χ0) is 14.9. The summed E-state index contributed by atoms with van der Waals surface area (Å²) >= 11 is 0. The Bertz CT molecular complexity index is 636. The highest BCUT2D eigenvalue weighted by Crippen LogP contribution is 2.34. The van der Waals surface area contributed by atoms with Crippen LogP contribution in [0.3, 0.4) is 0 Å². The van der Waals surface area contributed by atoms with Gasteiger partial charge in [-0.2, -0.15) is 0 Å². The molecule has 0 amide bonds. The molecule has 0 atom stereocenters. The van der Waals surface area contributed by atoms with Crippen molar-refractivity contribution in [2.24, 2.45) is 0 Å². The number of carbonyl (C=O) groups is 2. The van der Waals surface area contributed by atoms with Crippen LogP contribution in [0.1, 0.15) is 43.0 Å². The first-order valence-corrected chi connectivity index (χ1v) is 6.62. The molecule has 2 nitrogen and oxygen atoms in total. The third-order valence-electron chi connectivity index (χ3n) is 4.04. The molecule has 0 bridgehead atoms. The van der Waals surface area contributed by atoms with Gasteiger partial charge in [0.15, 0.2) is 12.6 Å². The van der Waals surface area contributed by atoms with E-state index in [0.717, 1.165) is 46.0 Å². The van der Waals surface area contributed by atoms with E-state index in [1.165, 1.54) is 0 Å². The average Bonchev–Trinajstić information content (AvgIpc) is 2.45. The fourth-order valence-electron chi connectivity index (χ4n) is 2.53. The number of aldehydes is 2. The van der Waals surface area contributed by atoms with E-state index in [1.54, 1.807) is 0 Å². The molecule has 0 unspecified atom stereocenters. The maximum atomic E-state index is 11.4. The third-order valence-corrected chi connectivity index (χ3v) is 4.04. The van der Waals surface area contributed by atoms with Gasteiger partial charge in [-0.3, -0.25) is 9.59 Å². The first-order chi connectivity index (χ1) is 9.51. The Morgan fingerprint density at radius 3 is 1.30 bits per heavy atom. The number of hydrogen-bond acceptors (Lipinski definition) is 2. The summed E-state index contributed by atoms with van der Waals surface area (Å²) in [6.45, 7) is 8.01. The minimum atomic E-state index is 0.630. The average molecular weight is 266 g/mol. The van der Waals surface area contributed by atoms with E-state index in [1.807, 2.05) is 52.0 Å². The van der Waals surface area contributed by atoms with Gasteiger partial charge in [-0.15, -0.1) is 0 Å². The second-order valence-electron chi connectivity index (χ2n) is 5.18. The predicted molar refractivity (Wildman–Crippen MR) is 81.6 cm³/mol. The standard InChI is InChI=1S/C18H18O2/c1-11-5-7-15(9-19)17(13(11)3)18-14(4)12(2)6-8-16(18)10-20/h5-10H,1-4H3. The fourth-order valence-corrected chi connectivity index (χ4v) is 2.53. The minimum Gasteiger partial charge on any atom is -0.298 e. The van der Waals surface area contributed by atoms with Crippen LogP contribution >= 0.6 is 0 Å². The molecule has 0 N–H and O–H groups in total. The van der Waals surface area contributed by atoms with Crippen molar-refractivity contribution in [3.63, 3.8) is 0 Å². The van der Waals surface area contributed by atoms with Crippen molar-refractivity contribution in [2.45, 2.75) is 27.7 Å². The molecule has 0 aliphatic heterocycles. The zero-order valence-electron chi connectivity index (χ0n) is 12.3. The first-order valence-electron chi connectivity index (χ1n) is 6.62. The lowest BCUT2D eigenvalue weighted by Crippen LogP contribution is -2.01. The molecule has 2 heteroatoms. The van der Waals surface area contributed by atoms with Crippen LogP contribution in [0.5, 0.6) is 0 Å². The van der Waals surface area contributed by atoms with Crippen molar-refractivity contribution in [3.05, 3.63) is 57.6 Å². The maximum absolute atomic E-state index is 11.4. The van der Waals surface area contributed by atoms with Crippen molar-refractivity contribution in [3.8, 4) is 11.1 Å². The molecule has 102 valence electrons. The number of hydrogen-bond donors (Lipinski definition) is 0. The molecule has 0 fully saturated rings. The fraction of sp³-hybridized carbons (Fsp3) is 0.222. The molecule has 2 aromatic carbocycles. The molecule has 20 heavy (non-hydrogen) atoms. The van der Waals surface area contributed by atoms with Gasteiger partial charge in [0, 0.05) is 11.1 Å². The summed E-state index contributed by atoms with van der Waals surface area (Å²) in [4.78, 5) is 22.7. The van der Waals surface area contributed by atoms with E-state index in [4.69, 9.17) is 0 Å². The summed E-state index contributed by atoms with van der Waals surface area (Å²) in [5.41, 5.74) is 7.34. The number of aryl methyl sites for hydroxylation is 2. The van der Waals surface area contributed by atoms with E-state index in [9.17, 15) is 9.59 Å². The summed E-state index contributed by atoms with van der Waals surface area (Å²) < 4.78 is 0. The SMILES string of the molecule is Cc1ccc(C=O)c(-c2c(C=O)ccc(C)c2C)c1C. The van der Waals surface area contributed by atoms with Crippen LogP contribution in [0.2, 0.25) is 0 Å². The smallest absolute Gasteiger partial charge is 0.150 e. The second kappa shape index (κ2) is 5.41. The highest BCUT2D eigenvalue weighted by Gasteiger charge is 2.16. The molecule has 0 spiro atoms. The largest absolute Gasteiger partial charge is 0.298 e. The second-order valence-corrected chi connectivity index (χ2v) is 5.18. The summed E-state index contributed by atoms with van der Waals surface area (Å²) in [7, 11) is 0. The molecule has 2 aromatic rings. The quantitative estimate of drug-likeness (QED) is 0.780. The molecule has 0 aliphatic rings. The maximum Gasteiger partial charge on any atom is 0.150 e. The van der Waals surface area contributed by atoms with Gasteiger partial charge in [-0.1, -0.05) is 24.3 Å². The van der Waals surface area contributed by atoms with Crippen molar-refractivity contribution >= 4 is 12.6 Å². The van der Waals surface area contributed by atoms with E-state index in [2.05, 4.69) is 0 Å². The Morgan fingerprint density at radius 2 is 1.00 bits per heavy atom. The molecule has 0 aromatic heterocycles. The lowest BCUT2D eigenvalue weighted by atomic mass is 9.86. The van der Waals surface area contributed by atoms with Crippen molar-refractivity contribution in [1.29, 1.82) is 0 Å². The highest BCUT2D eigenvalue weighted by molar-refractivity contribution is 5.97. The molecule has 0 heterocycles. The Hall–Kier alpha value is -2.22. The molecule has 0 saturated heterocycles. The summed E-state index contributed by atoms with van der Waals surface area (Å²) in [5.74, 6) is 0.